The number of primary sulfonamides is 1. The van der Waals surface area contributed by atoms with Crippen molar-refractivity contribution >= 4 is 10.0 Å². The average molecular weight is 226 g/mol. The molecule has 2 N–H and O–H groups in total. The standard InChI is InChI=1S/C7H6F3NO2S/c8-7(9,10)5-3-1-2-4-6(5)14(11,12)13/h1-4H,(H2,11,12,13)/i4D. The van der Waals surface area contributed by atoms with E-state index in [1.165, 1.54) is 0 Å². The van der Waals surface area contributed by atoms with E-state index >= 15 is 0 Å². The third-order valence-electron chi connectivity index (χ3n) is 1.41. The van der Waals surface area contributed by atoms with E-state index in [-0.39, 0.29) is 0 Å². The Hall–Kier alpha value is -1.08. The number of rotatable bonds is 1. The van der Waals surface area contributed by atoms with E-state index in [1.807, 2.05) is 0 Å². The predicted molar refractivity (Wildman–Crippen MR) is 42.8 cm³/mol. The molecule has 0 unspecified atom stereocenters. The van der Waals surface area contributed by atoms with Gasteiger partial charge < -0.3 is 0 Å². The third kappa shape index (κ3) is 2.24. The molecular formula is C7H6F3NO2S. The van der Waals surface area contributed by atoms with Crippen LogP contribution in [0.3, 0.4) is 0 Å². The molecule has 0 aliphatic rings. The number of hydrogen-bond acceptors (Lipinski definition) is 2. The number of alkyl halides is 3. The fourth-order valence-corrected chi connectivity index (χ4v) is 1.60. The molecule has 1 aromatic carbocycles. The summed E-state index contributed by atoms with van der Waals surface area (Å²) in [6.07, 6.45) is -4.85. The van der Waals surface area contributed by atoms with E-state index in [0.717, 1.165) is 12.1 Å². The second kappa shape index (κ2) is 3.25. The third-order valence-corrected chi connectivity index (χ3v) is 2.31. The first-order valence-electron chi connectivity index (χ1n) is 3.83. The van der Waals surface area contributed by atoms with E-state index in [1.54, 1.807) is 0 Å². The molecule has 0 saturated heterocycles. The molecule has 0 aromatic heterocycles. The zero-order valence-corrected chi connectivity index (χ0v) is 7.48. The van der Waals surface area contributed by atoms with Crippen LogP contribution in [-0.4, -0.2) is 8.42 Å². The molecule has 0 atom stereocenters. The van der Waals surface area contributed by atoms with E-state index in [4.69, 9.17) is 1.37 Å². The summed E-state index contributed by atoms with van der Waals surface area (Å²) in [5, 5.41) is 4.61. The summed E-state index contributed by atoms with van der Waals surface area (Å²) in [5.74, 6) is 0. The molecule has 0 heterocycles. The van der Waals surface area contributed by atoms with Crippen molar-refractivity contribution in [1.29, 1.82) is 0 Å². The van der Waals surface area contributed by atoms with Gasteiger partial charge in [-0.05, 0) is 12.1 Å². The highest BCUT2D eigenvalue weighted by atomic mass is 32.2. The lowest BCUT2D eigenvalue weighted by Gasteiger charge is -2.10. The molecule has 0 bridgehead atoms. The SMILES string of the molecule is [2H]c1cccc(C(F)(F)F)c1S(N)(=O)=O. The van der Waals surface area contributed by atoms with Gasteiger partial charge in [0, 0.05) is 0 Å². The van der Waals surface area contributed by atoms with Crippen molar-refractivity contribution in [1.82, 2.24) is 0 Å². The summed E-state index contributed by atoms with van der Waals surface area (Å²) in [7, 11) is -4.55. The minimum absolute atomic E-state index is 0.567. The van der Waals surface area contributed by atoms with Crippen molar-refractivity contribution in [3.63, 3.8) is 0 Å². The Morgan fingerprint density at radius 3 is 2.29 bits per heavy atom. The van der Waals surface area contributed by atoms with Crippen LogP contribution in [0.25, 0.3) is 0 Å². The van der Waals surface area contributed by atoms with E-state index < -0.39 is 32.7 Å². The van der Waals surface area contributed by atoms with E-state index in [0.29, 0.717) is 6.07 Å². The molecule has 0 fully saturated rings. The average Bonchev–Trinajstić information content (AvgIpc) is 1.99. The van der Waals surface area contributed by atoms with Crippen molar-refractivity contribution in [2.24, 2.45) is 5.14 Å². The minimum atomic E-state index is -4.85. The van der Waals surface area contributed by atoms with Crippen molar-refractivity contribution in [3.05, 3.63) is 29.8 Å². The minimum Gasteiger partial charge on any atom is -0.225 e. The predicted octanol–water partition coefficient (Wildman–Crippen LogP) is 1.35. The smallest absolute Gasteiger partial charge is 0.225 e. The van der Waals surface area contributed by atoms with Gasteiger partial charge in [0.25, 0.3) is 0 Å². The van der Waals surface area contributed by atoms with Crippen LogP contribution in [0.15, 0.2) is 29.1 Å². The molecule has 0 radical (unpaired) electrons. The van der Waals surface area contributed by atoms with Crippen LogP contribution in [0, 0.1) is 0 Å². The lowest BCUT2D eigenvalue weighted by atomic mass is 10.2. The fraction of sp³-hybridized carbons (Fsp3) is 0.143. The van der Waals surface area contributed by atoms with Gasteiger partial charge in [-0.25, -0.2) is 13.6 Å². The van der Waals surface area contributed by atoms with Gasteiger partial charge in [0.05, 0.1) is 11.8 Å². The molecular weight excluding hydrogens is 219 g/mol. The van der Waals surface area contributed by atoms with Gasteiger partial charge in [-0.2, -0.15) is 13.2 Å². The molecule has 1 rings (SSSR count). The van der Waals surface area contributed by atoms with Crippen LogP contribution in [0.5, 0.6) is 0 Å². The first kappa shape index (κ1) is 9.47. The Morgan fingerprint density at radius 2 is 1.93 bits per heavy atom. The molecule has 1 aromatic rings. The van der Waals surface area contributed by atoms with Gasteiger partial charge >= 0.3 is 6.18 Å². The normalized spacial score (nSPS) is 13.9. The van der Waals surface area contributed by atoms with Gasteiger partial charge in [0.1, 0.15) is 0 Å². The zero-order valence-electron chi connectivity index (χ0n) is 7.67. The lowest BCUT2D eigenvalue weighted by Crippen LogP contribution is -2.18. The topological polar surface area (TPSA) is 60.2 Å². The highest BCUT2D eigenvalue weighted by Gasteiger charge is 2.35. The highest BCUT2D eigenvalue weighted by molar-refractivity contribution is 7.89. The summed E-state index contributed by atoms with van der Waals surface area (Å²) in [5.41, 5.74) is -1.42. The van der Waals surface area contributed by atoms with Crippen LogP contribution in [-0.2, 0) is 16.2 Å². The van der Waals surface area contributed by atoms with E-state index in [2.05, 4.69) is 5.14 Å². The maximum Gasteiger partial charge on any atom is 0.417 e. The summed E-state index contributed by atoms with van der Waals surface area (Å²) in [6, 6.07) is 1.67. The number of sulfonamides is 1. The number of hydrogen-bond donors (Lipinski definition) is 1. The summed E-state index contributed by atoms with van der Waals surface area (Å²) in [4.78, 5) is -1.20. The summed E-state index contributed by atoms with van der Waals surface area (Å²) >= 11 is 0. The Bertz CT molecular complexity index is 483. The molecule has 7 heteroatoms. The fourth-order valence-electron chi connectivity index (χ4n) is 0.880. The molecule has 14 heavy (non-hydrogen) atoms. The molecule has 0 saturated carbocycles. The van der Waals surface area contributed by atoms with Gasteiger partial charge in [-0.1, -0.05) is 12.1 Å². The zero-order chi connectivity index (χ0) is 11.9. The van der Waals surface area contributed by atoms with E-state index in [9.17, 15) is 21.6 Å². The first-order valence-corrected chi connectivity index (χ1v) is 4.88. The lowest BCUT2D eigenvalue weighted by molar-refractivity contribution is -0.139. The van der Waals surface area contributed by atoms with Crippen molar-refractivity contribution < 1.29 is 23.0 Å². The van der Waals surface area contributed by atoms with Crippen LogP contribution < -0.4 is 5.14 Å². The van der Waals surface area contributed by atoms with Crippen LogP contribution in [0.2, 0.25) is 0 Å². The van der Waals surface area contributed by atoms with Crippen LogP contribution in [0.1, 0.15) is 6.93 Å². The summed E-state index contributed by atoms with van der Waals surface area (Å²) < 4.78 is 65.9. The first-order chi connectivity index (χ1) is 6.64. The Labute approximate surface area is 79.8 Å². The Balaban J connectivity index is 3.63. The van der Waals surface area contributed by atoms with Gasteiger partial charge in [0.2, 0.25) is 10.0 Å². The molecule has 0 spiro atoms. The Morgan fingerprint density at radius 1 is 1.36 bits per heavy atom. The van der Waals surface area contributed by atoms with Crippen molar-refractivity contribution in [2.75, 3.05) is 0 Å². The number of nitrogens with two attached hydrogens (primary N) is 1. The maximum atomic E-state index is 12.4. The highest BCUT2D eigenvalue weighted by Crippen LogP contribution is 2.33. The molecule has 78 valence electrons. The van der Waals surface area contributed by atoms with Crippen molar-refractivity contribution in [2.45, 2.75) is 11.1 Å². The van der Waals surface area contributed by atoms with Crippen LogP contribution >= 0.6 is 0 Å². The summed E-state index contributed by atoms with van der Waals surface area (Å²) in [6.45, 7) is 0. The molecule has 3 nitrogen and oxygen atoms in total. The molecule has 0 amide bonds. The quantitative estimate of drug-likeness (QED) is 0.785. The van der Waals surface area contributed by atoms with Gasteiger partial charge in [0.15, 0.2) is 0 Å². The number of benzene rings is 1. The van der Waals surface area contributed by atoms with Crippen LogP contribution in [0.4, 0.5) is 13.2 Å². The largest absolute Gasteiger partial charge is 0.417 e. The second-order valence-corrected chi connectivity index (χ2v) is 3.95. The van der Waals surface area contributed by atoms with Gasteiger partial charge in [-0.15, -0.1) is 0 Å². The molecule has 0 aliphatic carbocycles. The monoisotopic (exact) mass is 226 g/mol. The maximum absolute atomic E-state index is 12.4. The number of halogens is 3. The van der Waals surface area contributed by atoms with Gasteiger partial charge in [-0.3, -0.25) is 0 Å². The Kier molecular flexibility index (Phi) is 2.20. The van der Waals surface area contributed by atoms with Crippen molar-refractivity contribution in [3.8, 4) is 0 Å². The second-order valence-electron chi connectivity index (χ2n) is 2.46. The molecule has 0 aliphatic heterocycles.